The third kappa shape index (κ3) is 2.87. The molecule has 70 valence electrons. The number of carbonyl (C=O) groups is 1. The lowest BCUT2D eigenvalue weighted by molar-refractivity contribution is -0.132. The maximum absolute atomic E-state index is 11.0. The smallest absolute Gasteiger partial charge is 0.246 e. The van der Waals surface area contributed by atoms with Crippen LogP contribution in [-0.4, -0.2) is 11.1 Å². The van der Waals surface area contributed by atoms with E-state index in [9.17, 15) is 4.79 Å². The molecule has 3 nitrogen and oxygen atoms in total. The summed E-state index contributed by atoms with van der Waals surface area (Å²) in [4.78, 5) is 11.0. The summed E-state index contributed by atoms with van der Waals surface area (Å²) in [5, 5.41) is 8.38. The summed E-state index contributed by atoms with van der Waals surface area (Å²) in [5.41, 5.74) is 2.74. The Balaban J connectivity index is 2.55. The Bertz CT molecular complexity index is 272. The van der Waals surface area contributed by atoms with Crippen LogP contribution >= 0.6 is 0 Å². The van der Waals surface area contributed by atoms with Crippen LogP contribution in [0.4, 0.5) is 0 Å². The van der Waals surface area contributed by atoms with Gasteiger partial charge in [0.15, 0.2) is 0 Å². The van der Waals surface area contributed by atoms with Crippen LogP contribution in [0.15, 0.2) is 30.3 Å². The van der Waals surface area contributed by atoms with Gasteiger partial charge in [0, 0.05) is 5.92 Å². The molecule has 2 N–H and O–H groups in total. The van der Waals surface area contributed by atoms with Crippen molar-refractivity contribution in [1.29, 1.82) is 0 Å². The van der Waals surface area contributed by atoms with Crippen LogP contribution in [0.1, 0.15) is 12.5 Å². The Morgan fingerprint density at radius 3 is 2.62 bits per heavy atom. The maximum Gasteiger partial charge on any atom is 0.246 e. The summed E-state index contributed by atoms with van der Waals surface area (Å²) in [5.74, 6) is -0.545. The molecule has 0 saturated carbocycles. The normalized spacial score (nSPS) is 12.2. The Morgan fingerprint density at radius 1 is 1.46 bits per heavy atom. The van der Waals surface area contributed by atoms with E-state index in [0.717, 1.165) is 5.56 Å². The van der Waals surface area contributed by atoms with Crippen LogP contribution in [0.2, 0.25) is 0 Å². The fourth-order valence-electron chi connectivity index (χ4n) is 1.17. The second kappa shape index (κ2) is 4.62. The van der Waals surface area contributed by atoms with Crippen LogP contribution in [0.3, 0.4) is 0 Å². The molecule has 0 saturated heterocycles. The predicted octanol–water partition coefficient (Wildman–Crippen LogP) is 1.37. The fourth-order valence-corrected chi connectivity index (χ4v) is 1.17. The lowest BCUT2D eigenvalue weighted by Gasteiger charge is -2.08. The number of hydrogen-bond acceptors (Lipinski definition) is 2. The molecule has 0 unspecified atom stereocenters. The number of rotatable bonds is 3. The number of amides is 1. The number of hydroxylamine groups is 1. The van der Waals surface area contributed by atoms with E-state index >= 15 is 0 Å². The predicted molar refractivity (Wildman–Crippen MR) is 49.2 cm³/mol. The van der Waals surface area contributed by atoms with Crippen LogP contribution in [-0.2, 0) is 11.2 Å². The molecular formula is C10H13NO2. The minimum absolute atomic E-state index is 0.201. The van der Waals surface area contributed by atoms with E-state index in [1.807, 2.05) is 30.3 Å². The molecule has 1 amide bonds. The first-order valence-electron chi connectivity index (χ1n) is 4.22. The van der Waals surface area contributed by atoms with E-state index in [4.69, 9.17) is 5.21 Å². The lowest BCUT2D eigenvalue weighted by Crippen LogP contribution is -2.27. The standard InChI is InChI=1S/C10H13NO2/c1-8(10(12)11-13)7-9-5-3-2-4-6-9/h2-6,8,13H,7H2,1H3,(H,11,12)/t8-/m1/s1. The molecule has 0 aliphatic heterocycles. The number of hydrogen-bond donors (Lipinski definition) is 2. The summed E-state index contributed by atoms with van der Waals surface area (Å²) in [6, 6.07) is 9.71. The first-order chi connectivity index (χ1) is 6.24. The van der Waals surface area contributed by atoms with Gasteiger partial charge in [-0.2, -0.15) is 0 Å². The average Bonchev–Trinajstić information content (AvgIpc) is 2.18. The molecule has 0 aromatic heterocycles. The molecule has 0 bridgehead atoms. The van der Waals surface area contributed by atoms with Crippen LogP contribution in [0.25, 0.3) is 0 Å². The van der Waals surface area contributed by atoms with Crippen molar-refractivity contribution in [2.45, 2.75) is 13.3 Å². The van der Waals surface area contributed by atoms with Gasteiger partial charge in [-0.05, 0) is 12.0 Å². The second-order valence-electron chi connectivity index (χ2n) is 3.07. The minimum Gasteiger partial charge on any atom is -0.289 e. The van der Waals surface area contributed by atoms with E-state index in [1.54, 1.807) is 12.4 Å². The van der Waals surface area contributed by atoms with Gasteiger partial charge in [-0.3, -0.25) is 10.0 Å². The summed E-state index contributed by atoms with van der Waals surface area (Å²) >= 11 is 0. The number of benzene rings is 1. The maximum atomic E-state index is 11.0. The van der Waals surface area contributed by atoms with Crippen molar-refractivity contribution in [3.05, 3.63) is 35.9 Å². The summed E-state index contributed by atoms with van der Waals surface area (Å²) in [6.07, 6.45) is 0.646. The number of carbonyl (C=O) groups excluding carboxylic acids is 1. The molecule has 13 heavy (non-hydrogen) atoms. The Labute approximate surface area is 77.4 Å². The lowest BCUT2D eigenvalue weighted by atomic mass is 10.0. The highest BCUT2D eigenvalue weighted by Gasteiger charge is 2.11. The van der Waals surface area contributed by atoms with Gasteiger partial charge in [0.25, 0.3) is 0 Å². The molecule has 1 aromatic rings. The number of nitrogens with one attached hydrogen (secondary N) is 1. The molecule has 1 rings (SSSR count). The van der Waals surface area contributed by atoms with Crippen molar-refractivity contribution >= 4 is 5.91 Å². The molecular weight excluding hydrogens is 166 g/mol. The van der Waals surface area contributed by atoms with Gasteiger partial charge < -0.3 is 0 Å². The van der Waals surface area contributed by atoms with Gasteiger partial charge in [-0.25, -0.2) is 5.48 Å². The van der Waals surface area contributed by atoms with Gasteiger partial charge in [0.2, 0.25) is 5.91 Å². The van der Waals surface area contributed by atoms with E-state index in [2.05, 4.69) is 0 Å². The Kier molecular flexibility index (Phi) is 3.46. The van der Waals surface area contributed by atoms with Gasteiger partial charge in [0.05, 0.1) is 0 Å². The van der Waals surface area contributed by atoms with Crippen molar-refractivity contribution in [1.82, 2.24) is 5.48 Å². The zero-order valence-corrected chi connectivity index (χ0v) is 7.53. The van der Waals surface area contributed by atoms with Crippen molar-refractivity contribution < 1.29 is 10.0 Å². The molecule has 3 heteroatoms. The van der Waals surface area contributed by atoms with Gasteiger partial charge in [-0.15, -0.1) is 0 Å². The second-order valence-corrected chi connectivity index (χ2v) is 3.07. The molecule has 0 spiro atoms. The van der Waals surface area contributed by atoms with E-state index in [0.29, 0.717) is 6.42 Å². The van der Waals surface area contributed by atoms with Crippen molar-refractivity contribution in [2.24, 2.45) is 5.92 Å². The summed E-state index contributed by atoms with van der Waals surface area (Å²) in [7, 11) is 0. The quantitative estimate of drug-likeness (QED) is 0.544. The van der Waals surface area contributed by atoms with E-state index in [1.165, 1.54) is 0 Å². The van der Waals surface area contributed by atoms with Crippen molar-refractivity contribution in [3.8, 4) is 0 Å². The highest BCUT2D eigenvalue weighted by Crippen LogP contribution is 2.07. The Hall–Kier alpha value is -1.35. The van der Waals surface area contributed by atoms with Crippen LogP contribution in [0.5, 0.6) is 0 Å². The molecule has 0 fully saturated rings. The summed E-state index contributed by atoms with van der Waals surface area (Å²) < 4.78 is 0. The largest absolute Gasteiger partial charge is 0.289 e. The van der Waals surface area contributed by atoms with Crippen LogP contribution < -0.4 is 5.48 Å². The van der Waals surface area contributed by atoms with E-state index < -0.39 is 0 Å². The molecule has 0 radical (unpaired) electrons. The molecule has 1 atom stereocenters. The fraction of sp³-hybridized carbons (Fsp3) is 0.300. The van der Waals surface area contributed by atoms with Crippen molar-refractivity contribution in [3.63, 3.8) is 0 Å². The molecule has 1 aromatic carbocycles. The minimum atomic E-state index is -0.344. The monoisotopic (exact) mass is 179 g/mol. The van der Waals surface area contributed by atoms with Gasteiger partial charge >= 0.3 is 0 Å². The van der Waals surface area contributed by atoms with Crippen molar-refractivity contribution in [2.75, 3.05) is 0 Å². The first-order valence-corrected chi connectivity index (χ1v) is 4.22. The SMILES string of the molecule is C[C@H](Cc1ccccc1)C(=O)NO. The highest BCUT2D eigenvalue weighted by molar-refractivity contribution is 5.77. The zero-order valence-electron chi connectivity index (χ0n) is 7.53. The summed E-state index contributed by atoms with van der Waals surface area (Å²) in [6.45, 7) is 1.78. The Morgan fingerprint density at radius 2 is 2.08 bits per heavy atom. The highest BCUT2D eigenvalue weighted by atomic mass is 16.5. The first kappa shape index (κ1) is 9.74. The zero-order chi connectivity index (χ0) is 9.68. The molecule has 0 aliphatic rings. The van der Waals surface area contributed by atoms with Gasteiger partial charge in [0.1, 0.15) is 0 Å². The molecule has 0 heterocycles. The third-order valence-electron chi connectivity index (χ3n) is 1.94. The van der Waals surface area contributed by atoms with Gasteiger partial charge in [-0.1, -0.05) is 37.3 Å². The topological polar surface area (TPSA) is 49.3 Å². The average molecular weight is 179 g/mol. The van der Waals surface area contributed by atoms with E-state index in [-0.39, 0.29) is 11.8 Å². The molecule has 0 aliphatic carbocycles. The van der Waals surface area contributed by atoms with Crippen LogP contribution in [0, 0.1) is 5.92 Å². The third-order valence-corrected chi connectivity index (χ3v) is 1.94.